The Morgan fingerprint density at radius 1 is 1.06 bits per heavy atom. The van der Waals surface area contributed by atoms with Crippen LogP contribution in [0.3, 0.4) is 0 Å². The van der Waals surface area contributed by atoms with E-state index in [9.17, 15) is 9.59 Å². The maximum atomic E-state index is 12.0. The molecule has 0 aliphatic rings. The van der Waals surface area contributed by atoms with Crippen LogP contribution in [0.2, 0.25) is 0 Å². The maximum absolute atomic E-state index is 12.0. The fourth-order valence-electron chi connectivity index (χ4n) is 3.27. The largest absolute Gasteiger partial charge is 0.338 e. The normalized spacial score (nSPS) is 10.5. The van der Waals surface area contributed by atoms with Crippen LogP contribution >= 0.6 is 11.3 Å². The van der Waals surface area contributed by atoms with E-state index in [0.29, 0.717) is 35.5 Å². The second-order valence-electron chi connectivity index (χ2n) is 7.21. The van der Waals surface area contributed by atoms with Crippen molar-refractivity contribution in [3.63, 3.8) is 0 Å². The van der Waals surface area contributed by atoms with E-state index in [1.54, 1.807) is 36.9 Å². The van der Waals surface area contributed by atoms with Gasteiger partial charge in [-0.3, -0.25) is 25.5 Å². The van der Waals surface area contributed by atoms with E-state index in [2.05, 4.69) is 31.0 Å². The van der Waals surface area contributed by atoms with Crippen molar-refractivity contribution in [2.45, 2.75) is 13.3 Å². The predicted molar refractivity (Wildman–Crippen MR) is 130 cm³/mol. The molecule has 34 heavy (non-hydrogen) atoms. The fourth-order valence-corrected chi connectivity index (χ4v) is 4.12. The summed E-state index contributed by atoms with van der Waals surface area (Å²) in [5.74, 6) is 5.20. The number of urea groups is 1. The number of hydrogen-bond acceptors (Lipinski definition) is 8. The van der Waals surface area contributed by atoms with Crippen molar-refractivity contribution in [3.8, 4) is 21.7 Å². The van der Waals surface area contributed by atoms with Crippen LogP contribution in [0.5, 0.6) is 0 Å². The number of carbonyl (C=O) groups is 2. The number of carbonyl (C=O) groups excluding carboxylic acids is 2. The van der Waals surface area contributed by atoms with E-state index >= 15 is 0 Å². The summed E-state index contributed by atoms with van der Waals surface area (Å²) in [4.78, 5) is 41.5. The second-order valence-corrected chi connectivity index (χ2v) is 8.07. The quantitative estimate of drug-likeness (QED) is 0.183. The van der Waals surface area contributed by atoms with E-state index in [1.807, 2.05) is 24.4 Å². The highest BCUT2D eigenvalue weighted by atomic mass is 32.1. The third-order valence-corrected chi connectivity index (χ3v) is 5.77. The SMILES string of the molecule is CCNC(=O)Nc1cc(-c2nc(Cc3ccncc3)cs2)c(-c2cncc(C(=O)NN)c2)cn1. The van der Waals surface area contributed by atoms with Gasteiger partial charge in [-0.1, -0.05) is 0 Å². The zero-order valence-corrected chi connectivity index (χ0v) is 19.1. The molecule has 3 amide bonds. The third kappa shape index (κ3) is 5.39. The lowest BCUT2D eigenvalue weighted by Crippen LogP contribution is -2.30. The topological polar surface area (TPSA) is 148 Å². The van der Waals surface area contributed by atoms with Crippen LogP contribution in [0.4, 0.5) is 10.6 Å². The zero-order chi connectivity index (χ0) is 23.9. The molecule has 11 heteroatoms. The van der Waals surface area contributed by atoms with Crippen LogP contribution < -0.4 is 21.9 Å². The van der Waals surface area contributed by atoms with Crippen molar-refractivity contribution in [3.05, 3.63) is 77.5 Å². The summed E-state index contributed by atoms with van der Waals surface area (Å²) in [5.41, 5.74) is 6.56. The number of nitrogens with zero attached hydrogens (tertiary/aromatic N) is 4. The van der Waals surface area contributed by atoms with Gasteiger partial charge in [-0.2, -0.15) is 0 Å². The number of thiazole rings is 1. The van der Waals surface area contributed by atoms with Gasteiger partial charge in [0.1, 0.15) is 10.8 Å². The smallest absolute Gasteiger partial charge is 0.320 e. The number of amides is 3. The van der Waals surface area contributed by atoms with Gasteiger partial charge in [-0.15, -0.1) is 11.3 Å². The molecule has 0 radical (unpaired) electrons. The van der Waals surface area contributed by atoms with E-state index in [0.717, 1.165) is 21.8 Å². The highest BCUT2D eigenvalue weighted by Crippen LogP contribution is 2.35. The molecule has 0 aliphatic carbocycles. The number of hydrogen-bond donors (Lipinski definition) is 4. The van der Waals surface area contributed by atoms with Gasteiger partial charge in [0.05, 0.1) is 11.3 Å². The summed E-state index contributed by atoms with van der Waals surface area (Å²) in [6, 6.07) is 6.98. The van der Waals surface area contributed by atoms with Gasteiger partial charge in [0, 0.05) is 66.0 Å². The van der Waals surface area contributed by atoms with Crippen molar-refractivity contribution in [1.82, 2.24) is 30.7 Å². The lowest BCUT2D eigenvalue weighted by molar-refractivity contribution is 0.0953. The van der Waals surface area contributed by atoms with Crippen LogP contribution in [0.1, 0.15) is 28.5 Å². The Hall–Kier alpha value is -4.22. The molecule has 5 N–H and O–H groups in total. The first-order chi connectivity index (χ1) is 16.6. The molecule has 0 aromatic carbocycles. The van der Waals surface area contributed by atoms with Crippen molar-refractivity contribution >= 4 is 29.1 Å². The second kappa shape index (κ2) is 10.6. The molecule has 0 fully saturated rings. The molecule has 172 valence electrons. The van der Waals surface area contributed by atoms with Gasteiger partial charge in [0.15, 0.2) is 0 Å². The monoisotopic (exact) mass is 474 g/mol. The molecule has 0 bridgehead atoms. The number of anilines is 1. The van der Waals surface area contributed by atoms with E-state index in [1.165, 1.54) is 17.5 Å². The fraction of sp³-hybridized carbons (Fsp3) is 0.130. The summed E-state index contributed by atoms with van der Waals surface area (Å²) in [6.07, 6.45) is 8.86. The minimum Gasteiger partial charge on any atom is -0.338 e. The predicted octanol–water partition coefficient (Wildman–Crippen LogP) is 3.00. The molecular formula is C23H22N8O2S. The Kier molecular flexibility index (Phi) is 7.16. The first kappa shape index (κ1) is 23.0. The number of rotatable bonds is 7. The zero-order valence-electron chi connectivity index (χ0n) is 18.3. The molecule has 4 aromatic rings. The Bertz CT molecular complexity index is 1310. The average molecular weight is 475 g/mol. The number of hydrazine groups is 1. The first-order valence-electron chi connectivity index (χ1n) is 10.4. The van der Waals surface area contributed by atoms with Gasteiger partial charge >= 0.3 is 6.03 Å². The summed E-state index contributed by atoms with van der Waals surface area (Å²) in [6.45, 7) is 2.32. The molecule has 0 saturated heterocycles. The van der Waals surface area contributed by atoms with Gasteiger partial charge in [0.2, 0.25) is 0 Å². The average Bonchev–Trinajstić information content (AvgIpc) is 3.32. The van der Waals surface area contributed by atoms with Crippen LogP contribution in [0.15, 0.2) is 60.6 Å². The Morgan fingerprint density at radius 2 is 1.88 bits per heavy atom. The van der Waals surface area contributed by atoms with Gasteiger partial charge in [0.25, 0.3) is 5.91 Å². The first-order valence-corrected chi connectivity index (χ1v) is 11.3. The van der Waals surface area contributed by atoms with Crippen LogP contribution in [0, 0.1) is 0 Å². The van der Waals surface area contributed by atoms with Gasteiger partial charge < -0.3 is 5.32 Å². The molecular weight excluding hydrogens is 452 g/mol. The molecule has 0 aliphatic heterocycles. The summed E-state index contributed by atoms with van der Waals surface area (Å²) < 4.78 is 0. The minimum absolute atomic E-state index is 0.313. The summed E-state index contributed by atoms with van der Waals surface area (Å²) in [7, 11) is 0. The van der Waals surface area contributed by atoms with Gasteiger partial charge in [-0.05, 0) is 36.8 Å². The highest BCUT2D eigenvalue weighted by molar-refractivity contribution is 7.13. The Labute approximate surface area is 199 Å². The molecule has 4 rings (SSSR count). The van der Waals surface area contributed by atoms with E-state index in [-0.39, 0.29) is 6.03 Å². The number of nitrogen functional groups attached to an aromatic ring is 1. The lowest BCUT2D eigenvalue weighted by Gasteiger charge is -2.11. The minimum atomic E-state index is -0.452. The number of nitrogens with two attached hydrogens (primary N) is 1. The Balaban J connectivity index is 1.74. The summed E-state index contributed by atoms with van der Waals surface area (Å²) in [5, 5.41) is 8.15. The standard InChI is InChI=1S/C23H22N8O2S/c1-2-27-23(33)30-20-9-18(22-29-17(13-34-22)7-14-3-5-25-6-4-14)19(12-28-20)15-8-16(11-26-10-15)21(32)31-24/h3-6,8-13H,2,7,24H2,1H3,(H,31,32)(H2,27,28,30,33). The number of nitrogens with one attached hydrogen (secondary N) is 3. The molecule has 0 atom stereocenters. The molecule has 0 saturated carbocycles. The van der Waals surface area contributed by atoms with Crippen molar-refractivity contribution in [2.24, 2.45) is 5.84 Å². The van der Waals surface area contributed by atoms with E-state index in [4.69, 9.17) is 10.8 Å². The number of pyridine rings is 3. The third-order valence-electron chi connectivity index (χ3n) is 4.84. The maximum Gasteiger partial charge on any atom is 0.320 e. The van der Waals surface area contributed by atoms with Crippen LogP contribution in [-0.2, 0) is 6.42 Å². The van der Waals surface area contributed by atoms with Gasteiger partial charge in [-0.25, -0.2) is 20.6 Å². The molecule has 4 aromatic heterocycles. The molecule has 4 heterocycles. The van der Waals surface area contributed by atoms with Crippen molar-refractivity contribution in [2.75, 3.05) is 11.9 Å². The highest BCUT2D eigenvalue weighted by Gasteiger charge is 2.16. The Morgan fingerprint density at radius 3 is 2.65 bits per heavy atom. The number of aromatic nitrogens is 4. The van der Waals surface area contributed by atoms with Crippen molar-refractivity contribution < 1.29 is 9.59 Å². The van der Waals surface area contributed by atoms with Crippen LogP contribution in [0.25, 0.3) is 21.7 Å². The van der Waals surface area contributed by atoms with E-state index < -0.39 is 5.91 Å². The van der Waals surface area contributed by atoms with Crippen molar-refractivity contribution in [1.29, 1.82) is 0 Å². The summed E-state index contributed by atoms with van der Waals surface area (Å²) >= 11 is 1.48. The molecule has 0 spiro atoms. The molecule has 10 nitrogen and oxygen atoms in total. The lowest BCUT2D eigenvalue weighted by atomic mass is 10.0. The van der Waals surface area contributed by atoms with Crippen LogP contribution in [-0.4, -0.2) is 38.4 Å². The molecule has 0 unspecified atom stereocenters.